The molecule has 0 aliphatic heterocycles. The first-order valence-electron chi connectivity index (χ1n) is 7.37. The summed E-state index contributed by atoms with van der Waals surface area (Å²) in [6.45, 7) is 4.76. The van der Waals surface area contributed by atoms with Crippen LogP contribution in [0.1, 0.15) is 43.5 Å². The second kappa shape index (κ2) is 7.28. The van der Waals surface area contributed by atoms with Gasteiger partial charge in [-0.3, -0.25) is 4.79 Å². The van der Waals surface area contributed by atoms with E-state index < -0.39 is 0 Å². The molecule has 1 fully saturated rings. The first-order valence-corrected chi connectivity index (χ1v) is 8.59. The molecule has 0 amide bonds. The third-order valence-corrected chi connectivity index (χ3v) is 4.74. The first-order chi connectivity index (χ1) is 9.58. The molecule has 3 heteroatoms. The summed E-state index contributed by atoms with van der Waals surface area (Å²) in [5.41, 5.74) is 0.750. The summed E-state index contributed by atoms with van der Waals surface area (Å²) in [7, 11) is 0. The second-order valence-electron chi connectivity index (χ2n) is 6.00. The number of hydrogen-bond donors (Lipinski definition) is 0. The SMILES string of the molecule is CSc1ccc(C(=O)COC2CC(C)CC(C)C2)cc1. The molecule has 0 radical (unpaired) electrons. The van der Waals surface area contributed by atoms with Gasteiger partial charge in [0.25, 0.3) is 0 Å². The van der Waals surface area contributed by atoms with E-state index in [1.54, 1.807) is 11.8 Å². The van der Waals surface area contributed by atoms with Gasteiger partial charge in [0.15, 0.2) is 5.78 Å². The maximum Gasteiger partial charge on any atom is 0.188 e. The van der Waals surface area contributed by atoms with Crippen molar-refractivity contribution < 1.29 is 9.53 Å². The molecular formula is C17H24O2S. The van der Waals surface area contributed by atoms with E-state index in [0.717, 1.165) is 18.4 Å². The van der Waals surface area contributed by atoms with Crippen LogP contribution in [0.2, 0.25) is 0 Å². The van der Waals surface area contributed by atoms with Crippen molar-refractivity contribution in [3.8, 4) is 0 Å². The van der Waals surface area contributed by atoms with Crippen LogP contribution < -0.4 is 0 Å². The summed E-state index contributed by atoms with van der Waals surface area (Å²) < 4.78 is 5.84. The molecule has 2 nitrogen and oxygen atoms in total. The van der Waals surface area contributed by atoms with E-state index in [2.05, 4.69) is 13.8 Å². The molecule has 20 heavy (non-hydrogen) atoms. The first kappa shape index (κ1) is 15.6. The van der Waals surface area contributed by atoms with Gasteiger partial charge in [-0.2, -0.15) is 0 Å². The Labute approximate surface area is 126 Å². The monoisotopic (exact) mass is 292 g/mol. The van der Waals surface area contributed by atoms with Crippen molar-refractivity contribution in [2.24, 2.45) is 11.8 Å². The van der Waals surface area contributed by atoms with Crippen molar-refractivity contribution >= 4 is 17.5 Å². The average molecular weight is 292 g/mol. The predicted molar refractivity (Wildman–Crippen MR) is 84.5 cm³/mol. The van der Waals surface area contributed by atoms with E-state index in [-0.39, 0.29) is 18.5 Å². The lowest BCUT2D eigenvalue weighted by atomic mass is 9.82. The Balaban J connectivity index is 1.85. The van der Waals surface area contributed by atoms with E-state index in [4.69, 9.17) is 4.74 Å². The lowest BCUT2D eigenvalue weighted by Crippen LogP contribution is -2.28. The quantitative estimate of drug-likeness (QED) is 0.593. The van der Waals surface area contributed by atoms with E-state index in [9.17, 15) is 4.79 Å². The van der Waals surface area contributed by atoms with E-state index in [1.165, 1.54) is 11.3 Å². The Kier molecular flexibility index (Phi) is 5.67. The number of rotatable bonds is 5. The van der Waals surface area contributed by atoms with Crippen LogP contribution in [0.4, 0.5) is 0 Å². The molecule has 2 rings (SSSR count). The van der Waals surface area contributed by atoms with Crippen LogP contribution in [0, 0.1) is 11.8 Å². The van der Waals surface area contributed by atoms with Gasteiger partial charge < -0.3 is 4.74 Å². The molecule has 1 aromatic carbocycles. The molecule has 1 aliphatic rings. The van der Waals surface area contributed by atoms with Gasteiger partial charge in [-0.25, -0.2) is 0 Å². The zero-order valence-electron chi connectivity index (χ0n) is 12.6. The molecule has 0 bridgehead atoms. The Morgan fingerprint density at radius 1 is 1.15 bits per heavy atom. The lowest BCUT2D eigenvalue weighted by Gasteiger charge is -2.31. The van der Waals surface area contributed by atoms with Crippen molar-refractivity contribution in [3.05, 3.63) is 29.8 Å². The van der Waals surface area contributed by atoms with Crippen LogP contribution in [0.25, 0.3) is 0 Å². The number of Topliss-reactive ketones (excluding diaryl/α,β-unsaturated/α-hetero) is 1. The van der Waals surface area contributed by atoms with Crippen molar-refractivity contribution in [3.63, 3.8) is 0 Å². The fourth-order valence-corrected chi connectivity index (χ4v) is 3.47. The Morgan fingerprint density at radius 3 is 2.30 bits per heavy atom. The molecule has 1 aliphatic carbocycles. The van der Waals surface area contributed by atoms with E-state index in [0.29, 0.717) is 11.8 Å². The summed E-state index contributed by atoms with van der Waals surface area (Å²) in [6, 6.07) is 7.76. The minimum atomic E-state index is 0.0866. The standard InChI is InChI=1S/C17H24O2S/c1-12-8-13(2)10-15(9-12)19-11-17(18)14-4-6-16(20-3)7-5-14/h4-7,12-13,15H,8-11H2,1-3H3. The highest BCUT2D eigenvalue weighted by Gasteiger charge is 2.25. The van der Waals surface area contributed by atoms with Gasteiger partial charge in [-0.15, -0.1) is 11.8 Å². The number of thioether (sulfide) groups is 1. The van der Waals surface area contributed by atoms with Crippen molar-refractivity contribution in [2.45, 2.75) is 44.1 Å². The molecule has 0 aromatic heterocycles. The van der Waals surface area contributed by atoms with Crippen molar-refractivity contribution in [1.82, 2.24) is 0 Å². The van der Waals surface area contributed by atoms with Gasteiger partial charge in [0.05, 0.1) is 6.10 Å². The van der Waals surface area contributed by atoms with Crippen LogP contribution in [-0.4, -0.2) is 24.7 Å². The highest BCUT2D eigenvalue weighted by Crippen LogP contribution is 2.30. The zero-order valence-corrected chi connectivity index (χ0v) is 13.4. The van der Waals surface area contributed by atoms with Crippen LogP contribution in [0.3, 0.4) is 0 Å². The van der Waals surface area contributed by atoms with Crippen LogP contribution in [0.15, 0.2) is 29.2 Å². The van der Waals surface area contributed by atoms with Crippen LogP contribution >= 0.6 is 11.8 Å². The van der Waals surface area contributed by atoms with Crippen molar-refractivity contribution in [2.75, 3.05) is 12.9 Å². The summed E-state index contributed by atoms with van der Waals surface area (Å²) in [6.07, 6.45) is 5.74. The number of ether oxygens (including phenoxy) is 1. The maximum atomic E-state index is 12.1. The predicted octanol–water partition coefficient (Wildman–Crippen LogP) is 4.43. The summed E-state index contributed by atoms with van der Waals surface area (Å²) in [5, 5.41) is 0. The third-order valence-electron chi connectivity index (χ3n) is 4.00. The van der Waals surface area contributed by atoms with Gasteiger partial charge in [0.2, 0.25) is 0 Å². The summed E-state index contributed by atoms with van der Waals surface area (Å²) in [5.74, 6) is 1.50. The van der Waals surface area contributed by atoms with Gasteiger partial charge in [0, 0.05) is 10.5 Å². The maximum absolute atomic E-state index is 12.1. The third kappa shape index (κ3) is 4.35. The molecule has 0 saturated heterocycles. The van der Waals surface area contributed by atoms with Gasteiger partial charge in [0.1, 0.15) is 6.61 Å². The molecule has 1 aromatic rings. The lowest BCUT2D eigenvalue weighted by molar-refractivity contribution is 0.00562. The fraction of sp³-hybridized carbons (Fsp3) is 0.588. The van der Waals surface area contributed by atoms with Gasteiger partial charge in [-0.1, -0.05) is 26.0 Å². The zero-order chi connectivity index (χ0) is 14.5. The number of benzene rings is 1. The average Bonchev–Trinajstić information content (AvgIpc) is 2.44. The minimum Gasteiger partial charge on any atom is -0.370 e. The highest BCUT2D eigenvalue weighted by molar-refractivity contribution is 7.98. The fourth-order valence-electron chi connectivity index (χ4n) is 3.06. The molecule has 2 atom stereocenters. The van der Waals surface area contributed by atoms with Gasteiger partial charge in [-0.05, 0) is 49.5 Å². The minimum absolute atomic E-state index is 0.0866. The number of hydrogen-bond acceptors (Lipinski definition) is 3. The topological polar surface area (TPSA) is 26.3 Å². The van der Waals surface area contributed by atoms with E-state index in [1.807, 2.05) is 30.5 Å². The number of ketones is 1. The smallest absolute Gasteiger partial charge is 0.188 e. The largest absolute Gasteiger partial charge is 0.370 e. The molecule has 0 spiro atoms. The molecule has 0 N–H and O–H groups in total. The molecular weight excluding hydrogens is 268 g/mol. The molecule has 2 unspecified atom stereocenters. The number of carbonyl (C=O) groups excluding carboxylic acids is 1. The Hall–Kier alpha value is -0.800. The molecule has 0 heterocycles. The summed E-state index contributed by atoms with van der Waals surface area (Å²) in [4.78, 5) is 13.3. The molecule has 110 valence electrons. The normalized spacial score (nSPS) is 26.4. The van der Waals surface area contributed by atoms with Crippen LogP contribution in [-0.2, 0) is 4.74 Å². The Bertz CT molecular complexity index is 431. The second-order valence-corrected chi connectivity index (χ2v) is 6.88. The highest BCUT2D eigenvalue weighted by atomic mass is 32.2. The van der Waals surface area contributed by atoms with Crippen molar-refractivity contribution in [1.29, 1.82) is 0 Å². The van der Waals surface area contributed by atoms with Gasteiger partial charge >= 0.3 is 0 Å². The summed E-state index contributed by atoms with van der Waals surface area (Å²) >= 11 is 1.68. The number of carbonyl (C=O) groups is 1. The van der Waals surface area contributed by atoms with E-state index >= 15 is 0 Å². The Morgan fingerprint density at radius 2 is 1.75 bits per heavy atom. The molecule has 1 saturated carbocycles. The van der Waals surface area contributed by atoms with Crippen LogP contribution in [0.5, 0.6) is 0 Å².